The van der Waals surface area contributed by atoms with Crippen molar-refractivity contribution < 1.29 is 31.1 Å². The first-order valence-corrected chi connectivity index (χ1v) is 10.9. The van der Waals surface area contributed by atoms with E-state index in [2.05, 4.69) is 0 Å². The first kappa shape index (κ1) is 23.5. The summed E-state index contributed by atoms with van der Waals surface area (Å²) in [5.74, 6) is 0. The van der Waals surface area contributed by atoms with Crippen LogP contribution < -0.4 is 0 Å². The van der Waals surface area contributed by atoms with Gasteiger partial charge >= 0.3 is 12.3 Å². The maximum absolute atomic E-state index is 13.0. The van der Waals surface area contributed by atoms with Crippen molar-refractivity contribution in [1.82, 2.24) is 9.21 Å². The third-order valence-electron chi connectivity index (χ3n) is 4.60. The maximum atomic E-state index is 13.0. The molecule has 0 radical (unpaired) electrons. The second-order valence-corrected chi connectivity index (χ2v) is 9.82. The van der Waals surface area contributed by atoms with Crippen molar-refractivity contribution in [1.29, 1.82) is 0 Å². The molecule has 1 aliphatic heterocycles. The van der Waals surface area contributed by atoms with Crippen molar-refractivity contribution in [2.24, 2.45) is 0 Å². The Morgan fingerprint density at radius 2 is 1.79 bits per heavy atom. The van der Waals surface area contributed by atoms with Gasteiger partial charge in [-0.15, -0.1) is 0 Å². The predicted octanol–water partition coefficient (Wildman–Crippen LogP) is 4.12. The van der Waals surface area contributed by atoms with E-state index in [1.807, 2.05) is 0 Å². The number of carbonyl (C=O) groups is 1. The van der Waals surface area contributed by atoms with Crippen molar-refractivity contribution in [2.45, 2.75) is 63.3 Å². The van der Waals surface area contributed by atoms with Gasteiger partial charge in [-0.3, -0.25) is 0 Å². The van der Waals surface area contributed by atoms with Crippen molar-refractivity contribution in [2.75, 3.05) is 19.6 Å². The number of sulfonamides is 1. The zero-order chi connectivity index (χ0) is 22.0. The summed E-state index contributed by atoms with van der Waals surface area (Å²) in [5, 5.41) is 0. The number of ether oxygens (including phenoxy) is 1. The van der Waals surface area contributed by atoms with Crippen LogP contribution in [0.2, 0.25) is 0 Å². The molecular formula is C19H27F3N2O4S. The van der Waals surface area contributed by atoms with Crippen LogP contribution >= 0.6 is 0 Å². The fraction of sp³-hybridized carbons (Fsp3) is 0.632. The van der Waals surface area contributed by atoms with E-state index in [0.717, 1.165) is 12.1 Å². The minimum Gasteiger partial charge on any atom is -0.444 e. The SMILES string of the molecule is CCN(C1CCN(C(=O)OC(C)(C)C)CC1)S(=O)(=O)c1cccc(C(F)(F)F)c1. The van der Waals surface area contributed by atoms with Crippen LogP contribution in [0.4, 0.5) is 18.0 Å². The number of nitrogens with zero attached hydrogens (tertiary/aromatic N) is 2. The zero-order valence-electron chi connectivity index (χ0n) is 17.0. The molecule has 1 aromatic rings. The lowest BCUT2D eigenvalue weighted by Crippen LogP contribution is -2.49. The molecule has 1 aliphatic rings. The van der Waals surface area contributed by atoms with Gasteiger partial charge in [0.25, 0.3) is 0 Å². The van der Waals surface area contributed by atoms with Crippen LogP contribution in [0.15, 0.2) is 29.2 Å². The quantitative estimate of drug-likeness (QED) is 0.712. The van der Waals surface area contributed by atoms with Crippen LogP contribution in [-0.2, 0) is 20.9 Å². The van der Waals surface area contributed by atoms with Gasteiger partial charge in [-0.05, 0) is 51.8 Å². The topological polar surface area (TPSA) is 66.9 Å². The van der Waals surface area contributed by atoms with Gasteiger partial charge in [0.05, 0.1) is 10.5 Å². The van der Waals surface area contributed by atoms with Crippen LogP contribution in [0.1, 0.15) is 46.1 Å². The van der Waals surface area contributed by atoms with Crippen LogP contribution in [0.25, 0.3) is 0 Å². The lowest BCUT2D eigenvalue weighted by molar-refractivity contribution is -0.137. The predicted molar refractivity (Wildman–Crippen MR) is 102 cm³/mol. The normalized spacial score (nSPS) is 16.9. The van der Waals surface area contributed by atoms with Crippen molar-refractivity contribution in [3.63, 3.8) is 0 Å². The number of benzene rings is 1. The molecule has 6 nitrogen and oxygen atoms in total. The van der Waals surface area contributed by atoms with Gasteiger partial charge in [-0.1, -0.05) is 13.0 Å². The zero-order valence-corrected chi connectivity index (χ0v) is 17.8. The van der Waals surface area contributed by atoms with E-state index in [-0.39, 0.29) is 11.4 Å². The molecule has 29 heavy (non-hydrogen) atoms. The smallest absolute Gasteiger partial charge is 0.416 e. The van der Waals surface area contributed by atoms with Gasteiger partial charge in [-0.25, -0.2) is 13.2 Å². The molecule has 0 spiro atoms. The van der Waals surface area contributed by atoms with E-state index in [0.29, 0.717) is 32.0 Å². The highest BCUT2D eigenvalue weighted by molar-refractivity contribution is 7.89. The molecule has 1 aromatic carbocycles. The van der Waals surface area contributed by atoms with Crippen LogP contribution in [0, 0.1) is 0 Å². The Balaban J connectivity index is 2.15. The monoisotopic (exact) mass is 436 g/mol. The van der Waals surface area contributed by atoms with Gasteiger partial charge in [0, 0.05) is 25.7 Å². The molecular weight excluding hydrogens is 409 g/mol. The summed E-state index contributed by atoms with van der Waals surface area (Å²) in [6.07, 6.45) is -4.32. The average Bonchev–Trinajstić information content (AvgIpc) is 2.60. The molecule has 2 rings (SSSR count). The molecule has 164 valence electrons. The molecule has 1 heterocycles. The Kier molecular flexibility index (Phi) is 6.89. The molecule has 1 amide bonds. The number of alkyl halides is 3. The van der Waals surface area contributed by atoms with Crippen molar-refractivity contribution >= 4 is 16.1 Å². The van der Waals surface area contributed by atoms with Gasteiger partial charge in [-0.2, -0.15) is 17.5 Å². The molecule has 0 aromatic heterocycles. The molecule has 1 saturated heterocycles. The first-order valence-electron chi connectivity index (χ1n) is 9.42. The fourth-order valence-electron chi connectivity index (χ4n) is 3.26. The summed E-state index contributed by atoms with van der Waals surface area (Å²) < 4.78 is 71.5. The molecule has 0 bridgehead atoms. The number of carbonyl (C=O) groups excluding carboxylic acids is 1. The molecule has 10 heteroatoms. The highest BCUT2D eigenvalue weighted by Crippen LogP contribution is 2.32. The van der Waals surface area contributed by atoms with E-state index in [1.165, 1.54) is 15.3 Å². The van der Waals surface area contributed by atoms with E-state index in [9.17, 15) is 26.4 Å². The third kappa shape index (κ3) is 5.85. The van der Waals surface area contributed by atoms with Gasteiger partial charge in [0.15, 0.2) is 0 Å². The minimum absolute atomic E-state index is 0.121. The standard InChI is InChI=1S/C19H27F3N2O4S/c1-5-24(15-9-11-23(12-10-15)17(25)28-18(2,3)4)29(26,27)16-8-6-7-14(13-16)19(20,21)22/h6-8,13,15H,5,9-12H2,1-4H3. The van der Waals surface area contributed by atoms with Crippen LogP contribution in [-0.4, -0.2) is 55.0 Å². The van der Waals surface area contributed by atoms with Gasteiger partial charge in [0.1, 0.15) is 5.60 Å². The summed E-state index contributed by atoms with van der Waals surface area (Å²) in [6, 6.07) is 3.36. The Morgan fingerprint density at radius 3 is 2.28 bits per heavy atom. The Bertz CT molecular complexity index is 827. The van der Waals surface area contributed by atoms with Crippen LogP contribution in [0.5, 0.6) is 0 Å². The Hall–Kier alpha value is -1.81. The van der Waals surface area contributed by atoms with Gasteiger partial charge in [0.2, 0.25) is 10.0 Å². The fourth-order valence-corrected chi connectivity index (χ4v) is 5.00. The third-order valence-corrected chi connectivity index (χ3v) is 6.63. The van der Waals surface area contributed by atoms with Crippen molar-refractivity contribution in [3.8, 4) is 0 Å². The Labute approximate surface area is 169 Å². The van der Waals surface area contributed by atoms with E-state index >= 15 is 0 Å². The van der Waals surface area contributed by atoms with Crippen LogP contribution in [0.3, 0.4) is 0 Å². The average molecular weight is 436 g/mol. The number of likely N-dealkylation sites (tertiary alicyclic amines) is 1. The maximum Gasteiger partial charge on any atom is 0.416 e. The minimum atomic E-state index is -4.62. The number of amides is 1. The molecule has 0 N–H and O–H groups in total. The molecule has 0 aliphatic carbocycles. The number of halogens is 3. The number of piperidine rings is 1. The number of hydrogen-bond acceptors (Lipinski definition) is 4. The largest absolute Gasteiger partial charge is 0.444 e. The highest BCUT2D eigenvalue weighted by Gasteiger charge is 2.36. The molecule has 0 saturated carbocycles. The van der Waals surface area contributed by atoms with Crippen molar-refractivity contribution in [3.05, 3.63) is 29.8 Å². The summed E-state index contributed by atoms with van der Waals surface area (Å²) in [7, 11) is -4.10. The summed E-state index contributed by atoms with van der Waals surface area (Å²) in [4.78, 5) is 13.3. The number of rotatable bonds is 4. The van der Waals surface area contributed by atoms with Gasteiger partial charge < -0.3 is 9.64 Å². The Morgan fingerprint density at radius 1 is 1.21 bits per heavy atom. The lowest BCUT2D eigenvalue weighted by atomic mass is 10.1. The summed E-state index contributed by atoms with van der Waals surface area (Å²) >= 11 is 0. The molecule has 0 atom stereocenters. The summed E-state index contributed by atoms with van der Waals surface area (Å²) in [5.41, 5.74) is -1.63. The lowest BCUT2D eigenvalue weighted by Gasteiger charge is -2.37. The molecule has 1 fully saturated rings. The van der Waals surface area contributed by atoms with E-state index in [1.54, 1.807) is 27.7 Å². The highest BCUT2D eigenvalue weighted by atomic mass is 32.2. The number of hydrogen-bond donors (Lipinski definition) is 0. The molecule has 0 unspecified atom stereocenters. The first-order chi connectivity index (χ1) is 13.3. The van der Waals surface area contributed by atoms with E-state index in [4.69, 9.17) is 4.74 Å². The second kappa shape index (κ2) is 8.51. The second-order valence-electron chi connectivity index (χ2n) is 7.93. The van der Waals surface area contributed by atoms with E-state index < -0.39 is 39.5 Å². The summed E-state index contributed by atoms with van der Waals surface area (Å²) in [6.45, 7) is 7.68.